The molecule has 0 fully saturated rings. The summed E-state index contributed by atoms with van der Waals surface area (Å²) in [5, 5.41) is 4.44. The minimum atomic E-state index is -3.91. The maximum atomic E-state index is 13.7. The molecule has 0 heterocycles. The fourth-order valence-electron chi connectivity index (χ4n) is 3.86. The lowest BCUT2D eigenvalue weighted by Gasteiger charge is -2.24. The molecule has 35 heavy (non-hydrogen) atoms. The van der Waals surface area contributed by atoms with Gasteiger partial charge in [0, 0.05) is 13.5 Å². The third-order valence-electron chi connectivity index (χ3n) is 5.97. The van der Waals surface area contributed by atoms with Crippen molar-refractivity contribution in [3.05, 3.63) is 64.7 Å². The minimum absolute atomic E-state index is 0. The van der Waals surface area contributed by atoms with Gasteiger partial charge in [-0.15, -0.1) is 12.4 Å². The molecule has 8 heteroatoms. The second-order valence-corrected chi connectivity index (χ2v) is 11.5. The van der Waals surface area contributed by atoms with Crippen molar-refractivity contribution < 1.29 is 13.2 Å². The molecular formula is C27H42ClN3O3S. The highest BCUT2D eigenvalue weighted by Crippen LogP contribution is 2.35. The summed E-state index contributed by atoms with van der Waals surface area (Å²) < 4.78 is 33.0. The van der Waals surface area contributed by atoms with Gasteiger partial charge < -0.3 is 4.74 Å². The van der Waals surface area contributed by atoms with Crippen molar-refractivity contribution >= 4 is 28.1 Å². The molecule has 0 aliphatic carbocycles. The van der Waals surface area contributed by atoms with Gasteiger partial charge in [0.05, 0.1) is 10.6 Å². The predicted molar refractivity (Wildman–Crippen MR) is 148 cm³/mol. The maximum Gasteiger partial charge on any atom is 0.277 e. The molecule has 6 nitrogen and oxygen atoms in total. The van der Waals surface area contributed by atoms with Crippen molar-refractivity contribution in [3.8, 4) is 0 Å². The molecule has 2 aromatic carbocycles. The van der Waals surface area contributed by atoms with Gasteiger partial charge in [0.2, 0.25) is 0 Å². The van der Waals surface area contributed by atoms with Crippen LogP contribution in [0, 0.1) is 0 Å². The van der Waals surface area contributed by atoms with Crippen LogP contribution in [0.25, 0.3) is 0 Å². The Morgan fingerprint density at radius 1 is 0.943 bits per heavy atom. The summed E-state index contributed by atoms with van der Waals surface area (Å²) in [4.78, 5) is 4.85. The van der Waals surface area contributed by atoms with Gasteiger partial charge in [0.15, 0.2) is 0 Å². The SMILES string of the molecule is COC(CC(=NNS(=O)(=O)c1c(C(C)C)cc(C(C)C)cc1C(C)C)c1ccccc1)N(C)C.Cl. The largest absolute Gasteiger partial charge is 0.366 e. The Bertz CT molecular complexity index is 1050. The van der Waals surface area contributed by atoms with Crippen molar-refractivity contribution in [2.24, 2.45) is 5.10 Å². The molecule has 0 saturated carbocycles. The Labute approximate surface area is 218 Å². The van der Waals surface area contributed by atoms with Gasteiger partial charge in [-0.1, -0.05) is 84.0 Å². The van der Waals surface area contributed by atoms with E-state index < -0.39 is 10.0 Å². The van der Waals surface area contributed by atoms with Gasteiger partial charge in [0.25, 0.3) is 10.0 Å². The lowest BCUT2D eigenvalue weighted by Crippen LogP contribution is -2.33. The van der Waals surface area contributed by atoms with E-state index >= 15 is 0 Å². The smallest absolute Gasteiger partial charge is 0.277 e. The van der Waals surface area contributed by atoms with Crippen LogP contribution < -0.4 is 4.83 Å². The number of nitrogens with one attached hydrogen (secondary N) is 1. The summed E-state index contributed by atoms with van der Waals surface area (Å²) in [6.45, 7) is 12.4. The molecule has 2 aromatic rings. The topological polar surface area (TPSA) is 71.0 Å². The van der Waals surface area contributed by atoms with Gasteiger partial charge in [0.1, 0.15) is 6.23 Å². The number of halogens is 1. The monoisotopic (exact) mass is 523 g/mol. The van der Waals surface area contributed by atoms with Crippen LogP contribution in [0.3, 0.4) is 0 Å². The molecule has 0 aliphatic heterocycles. The van der Waals surface area contributed by atoms with E-state index in [9.17, 15) is 8.42 Å². The molecule has 1 atom stereocenters. The number of hydrogen-bond acceptors (Lipinski definition) is 5. The van der Waals surface area contributed by atoms with Gasteiger partial charge in [-0.25, -0.2) is 0 Å². The normalized spacial score (nSPS) is 13.5. The highest BCUT2D eigenvalue weighted by Gasteiger charge is 2.27. The second kappa shape index (κ2) is 13.4. The van der Waals surface area contributed by atoms with Gasteiger partial charge in [-0.2, -0.15) is 18.4 Å². The Hall–Kier alpha value is -1.93. The van der Waals surface area contributed by atoms with E-state index in [1.165, 1.54) is 0 Å². The maximum absolute atomic E-state index is 13.7. The third kappa shape index (κ3) is 8.04. The van der Waals surface area contributed by atoms with Crippen LogP contribution >= 0.6 is 12.4 Å². The highest BCUT2D eigenvalue weighted by molar-refractivity contribution is 7.89. The second-order valence-electron chi connectivity index (χ2n) is 9.87. The van der Waals surface area contributed by atoms with Crippen LogP contribution in [-0.2, 0) is 14.8 Å². The van der Waals surface area contributed by atoms with E-state index in [1.54, 1.807) is 7.11 Å². The van der Waals surface area contributed by atoms with E-state index in [2.05, 4.69) is 23.8 Å². The molecule has 0 bridgehead atoms. The van der Waals surface area contributed by atoms with E-state index in [0.717, 1.165) is 22.3 Å². The number of hydrazone groups is 1. The molecular weight excluding hydrogens is 482 g/mol. The average Bonchev–Trinajstić information content (AvgIpc) is 2.78. The number of sulfonamides is 1. The molecule has 0 aliphatic rings. The summed E-state index contributed by atoms with van der Waals surface area (Å²) in [5.41, 5.74) is 4.25. The molecule has 0 spiro atoms. The molecule has 0 saturated heterocycles. The van der Waals surface area contributed by atoms with Crippen LogP contribution in [0.4, 0.5) is 0 Å². The predicted octanol–water partition coefficient (Wildman–Crippen LogP) is 6.09. The van der Waals surface area contributed by atoms with Crippen molar-refractivity contribution in [3.63, 3.8) is 0 Å². The zero-order chi connectivity index (χ0) is 25.6. The Morgan fingerprint density at radius 3 is 1.86 bits per heavy atom. The molecule has 0 radical (unpaired) electrons. The number of methoxy groups -OCH3 is 1. The molecule has 0 aromatic heterocycles. The van der Waals surface area contributed by atoms with Crippen LogP contribution in [0.5, 0.6) is 0 Å². The fraction of sp³-hybridized carbons (Fsp3) is 0.519. The van der Waals surface area contributed by atoms with E-state index in [1.807, 2.05) is 89.2 Å². The van der Waals surface area contributed by atoms with Gasteiger partial charge >= 0.3 is 0 Å². The molecule has 0 amide bonds. The first-order valence-corrected chi connectivity index (χ1v) is 13.4. The number of nitrogens with zero attached hydrogens (tertiary/aromatic N) is 2. The van der Waals surface area contributed by atoms with Crippen LogP contribution in [-0.4, -0.2) is 46.5 Å². The summed E-state index contributed by atoms with van der Waals surface area (Å²) in [5.74, 6) is 0.401. The summed E-state index contributed by atoms with van der Waals surface area (Å²) >= 11 is 0. The number of hydrogen-bond donors (Lipinski definition) is 1. The summed E-state index contributed by atoms with van der Waals surface area (Å²) in [7, 11) is 1.56. The van der Waals surface area contributed by atoms with Crippen molar-refractivity contribution in [2.75, 3.05) is 21.2 Å². The highest BCUT2D eigenvalue weighted by atomic mass is 35.5. The third-order valence-corrected chi connectivity index (χ3v) is 7.31. The zero-order valence-corrected chi connectivity index (χ0v) is 24.1. The first-order valence-electron chi connectivity index (χ1n) is 11.9. The first-order chi connectivity index (χ1) is 15.9. The first kappa shape index (κ1) is 31.1. The van der Waals surface area contributed by atoms with Gasteiger partial charge in [-0.05, 0) is 54.1 Å². The molecule has 1 unspecified atom stereocenters. The van der Waals surface area contributed by atoms with Gasteiger partial charge in [-0.3, -0.25) is 4.90 Å². The van der Waals surface area contributed by atoms with Crippen molar-refractivity contribution in [1.82, 2.24) is 9.73 Å². The van der Waals surface area contributed by atoms with Crippen LogP contribution in [0.15, 0.2) is 52.5 Å². The quantitative estimate of drug-likeness (QED) is 0.220. The average molecular weight is 524 g/mol. The molecule has 2 rings (SSSR count). The summed E-state index contributed by atoms with van der Waals surface area (Å²) in [6, 6.07) is 13.7. The Morgan fingerprint density at radius 2 is 1.46 bits per heavy atom. The fourth-order valence-corrected chi connectivity index (χ4v) is 5.39. The zero-order valence-electron chi connectivity index (χ0n) is 22.5. The lowest BCUT2D eigenvalue weighted by atomic mass is 9.89. The number of ether oxygens (including phenoxy) is 1. The minimum Gasteiger partial charge on any atom is -0.366 e. The molecule has 196 valence electrons. The van der Waals surface area contributed by atoms with Crippen LogP contribution in [0.1, 0.15) is 88.0 Å². The van der Waals surface area contributed by atoms with E-state index in [4.69, 9.17) is 4.74 Å². The standard InChI is InChI=1S/C27H41N3O3S.ClH/c1-18(2)22-15-23(19(3)4)27(24(16-22)20(5)6)34(31,32)29-28-25(17-26(33-9)30(7)8)21-13-11-10-12-14-21;/h10-16,18-20,26,29H,17H2,1-9H3;1H. The molecule has 1 N–H and O–H groups in total. The number of benzene rings is 2. The van der Waals surface area contributed by atoms with E-state index in [-0.39, 0.29) is 30.5 Å². The lowest BCUT2D eigenvalue weighted by molar-refractivity contribution is 0.00259. The Kier molecular flexibility index (Phi) is 11.9. The van der Waals surface area contributed by atoms with Crippen molar-refractivity contribution in [1.29, 1.82) is 0 Å². The van der Waals surface area contributed by atoms with Crippen molar-refractivity contribution in [2.45, 2.75) is 76.8 Å². The summed E-state index contributed by atoms with van der Waals surface area (Å²) in [6.07, 6.45) is 0.183. The van der Waals surface area contributed by atoms with Crippen LogP contribution in [0.2, 0.25) is 0 Å². The van der Waals surface area contributed by atoms with E-state index in [0.29, 0.717) is 22.9 Å². The Balaban J connectivity index is 0.00000612. The number of rotatable bonds is 11.